The molecule has 1 aromatic carbocycles. The van der Waals surface area contributed by atoms with Crippen LogP contribution in [0.5, 0.6) is 0 Å². The molecule has 1 saturated carbocycles. The summed E-state index contributed by atoms with van der Waals surface area (Å²) in [6.07, 6.45) is 11.5. The lowest BCUT2D eigenvalue weighted by molar-refractivity contribution is -0.151. The molecule has 5 unspecified atom stereocenters. The van der Waals surface area contributed by atoms with E-state index in [2.05, 4.69) is 24.3 Å². The summed E-state index contributed by atoms with van der Waals surface area (Å²) in [4.78, 5) is 12.0. The van der Waals surface area contributed by atoms with E-state index in [0.29, 0.717) is 19.3 Å². The van der Waals surface area contributed by atoms with Crippen LogP contribution in [0.25, 0.3) is 0 Å². The van der Waals surface area contributed by atoms with Crippen molar-refractivity contribution in [2.45, 2.75) is 63.3 Å². The fourth-order valence-corrected chi connectivity index (χ4v) is 4.09. The van der Waals surface area contributed by atoms with Crippen molar-refractivity contribution in [3.05, 3.63) is 60.2 Å². The van der Waals surface area contributed by atoms with Crippen molar-refractivity contribution < 1.29 is 19.7 Å². The monoisotopic (exact) mass is 370 g/mol. The van der Waals surface area contributed by atoms with Crippen LogP contribution in [0.2, 0.25) is 0 Å². The van der Waals surface area contributed by atoms with Crippen molar-refractivity contribution in [1.82, 2.24) is 0 Å². The number of aliphatic hydroxyl groups is 2. The van der Waals surface area contributed by atoms with Gasteiger partial charge in [-0.25, -0.2) is 0 Å². The minimum absolute atomic E-state index is 0.0656. The summed E-state index contributed by atoms with van der Waals surface area (Å²) in [6.45, 7) is 0. The number of hydrogen-bond acceptors (Lipinski definition) is 4. The van der Waals surface area contributed by atoms with Crippen molar-refractivity contribution in [3.8, 4) is 0 Å². The summed E-state index contributed by atoms with van der Waals surface area (Å²) in [5.41, 5.74) is 1.20. The first-order chi connectivity index (χ1) is 13.1. The highest BCUT2D eigenvalue weighted by atomic mass is 16.5. The maximum absolute atomic E-state index is 12.0. The van der Waals surface area contributed by atoms with Crippen LogP contribution in [-0.2, 0) is 16.0 Å². The van der Waals surface area contributed by atoms with E-state index in [0.717, 1.165) is 25.7 Å². The van der Waals surface area contributed by atoms with Gasteiger partial charge in [-0.05, 0) is 37.7 Å². The van der Waals surface area contributed by atoms with Gasteiger partial charge < -0.3 is 14.9 Å². The van der Waals surface area contributed by atoms with Crippen molar-refractivity contribution in [2.24, 2.45) is 11.8 Å². The number of aryl methyl sites for hydroxylation is 1. The van der Waals surface area contributed by atoms with Crippen LogP contribution in [0.15, 0.2) is 54.6 Å². The minimum atomic E-state index is -0.547. The van der Waals surface area contributed by atoms with Crippen LogP contribution in [0, 0.1) is 11.8 Å². The molecule has 0 aromatic heterocycles. The molecule has 1 aromatic rings. The average molecular weight is 370 g/mol. The molecule has 2 N–H and O–H groups in total. The standard InChI is InChI=1S/C23H30O4/c24-18(13-12-17-8-4-3-5-9-17)14-15-19-20-10-6-1-2-7-11-23(26)27-22(20)16-21(19)25/h1,3-6,8-9,14-15,18-22,24-25H,2,7,10-13,16H2. The van der Waals surface area contributed by atoms with Gasteiger partial charge in [0.05, 0.1) is 12.2 Å². The summed E-state index contributed by atoms with van der Waals surface area (Å²) >= 11 is 0. The summed E-state index contributed by atoms with van der Waals surface area (Å²) in [6, 6.07) is 10.1. The molecule has 27 heavy (non-hydrogen) atoms. The topological polar surface area (TPSA) is 66.8 Å². The maximum Gasteiger partial charge on any atom is 0.306 e. The second kappa shape index (κ2) is 9.86. The zero-order valence-electron chi connectivity index (χ0n) is 15.7. The van der Waals surface area contributed by atoms with E-state index in [-0.39, 0.29) is 23.9 Å². The van der Waals surface area contributed by atoms with E-state index >= 15 is 0 Å². The Labute approximate surface area is 161 Å². The molecule has 4 heteroatoms. The number of hydrogen-bond donors (Lipinski definition) is 2. The Hall–Kier alpha value is -1.91. The largest absolute Gasteiger partial charge is 0.462 e. The van der Waals surface area contributed by atoms with Crippen molar-refractivity contribution in [3.63, 3.8) is 0 Å². The lowest BCUT2D eigenvalue weighted by Gasteiger charge is -2.23. The lowest BCUT2D eigenvalue weighted by Crippen LogP contribution is -2.25. The van der Waals surface area contributed by atoms with Gasteiger partial charge in [-0.15, -0.1) is 0 Å². The fraction of sp³-hybridized carbons (Fsp3) is 0.522. The molecule has 4 nitrogen and oxygen atoms in total. The third-order valence-corrected chi connectivity index (χ3v) is 5.63. The fourth-order valence-electron chi connectivity index (χ4n) is 4.09. The third-order valence-electron chi connectivity index (χ3n) is 5.63. The molecule has 2 aliphatic rings. The Morgan fingerprint density at radius 1 is 1.22 bits per heavy atom. The van der Waals surface area contributed by atoms with E-state index in [1.54, 1.807) is 6.08 Å². The second-order valence-electron chi connectivity index (χ2n) is 7.65. The van der Waals surface area contributed by atoms with Gasteiger partial charge in [0.15, 0.2) is 0 Å². The summed E-state index contributed by atoms with van der Waals surface area (Å²) in [5, 5.41) is 20.8. The summed E-state index contributed by atoms with van der Waals surface area (Å²) in [5.74, 6) is -0.200. The van der Waals surface area contributed by atoms with Crippen LogP contribution in [-0.4, -0.2) is 34.5 Å². The smallest absolute Gasteiger partial charge is 0.306 e. The third kappa shape index (κ3) is 5.78. The Bertz CT molecular complexity index is 652. The Morgan fingerprint density at radius 3 is 2.85 bits per heavy atom. The first-order valence-electron chi connectivity index (χ1n) is 10.1. The maximum atomic E-state index is 12.0. The zero-order chi connectivity index (χ0) is 19.1. The number of ether oxygens (including phenoxy) is 1. The Balaban J connectivity index is 1.60. The molecule has 0 spiro atoms. The predicted molar refractivity (Wildman–Crippen MR) is 105 cm³/mol. The lowest BCUT2D eigenvalue weighted by atomic mass is 9.89. The molecular formula is C23H30O4. The minimum Gasteiger partial charge on any atom is -0.462 e. The molecule has 5 atom stereocenters. The molecule has 3 rings (SSSR count). The number of fused-ring (bicyclic) bond motifs is 1. The molecule has 146 valence electrons. The first kappa shape index (κ1) is 19.8. The molecule has 1 fully saturated rings. The van der Waals surface area contributed by atoms with Gasteiger partial charge >= 0.3 is 5.97 Å². The van der Waals surface area contributed by atoms with Gasteiger partial charge in [-0.3, -0.25) is 4.79 Å². The number of carbonyl (C=O) groups is 1. The molecule has 1 aliphatic carbocycles. The van der Waals surface area contributed by atoms with Crippen molar-refractivity contribution in [2.75, 3.05) is 0 Å². The normalized spacial score (nSPS) is 30.1. The van der Waals surface area contributed by atoms with Gasteiger partial charge in [0.2, 0.25) is 0 Å². The summed E-state index contributed by atoms with van der Waals surface area (Å²) in [7, 11) is 0. The van der Waals surface area contributed by atoms with Gasteiger partial charge in [-0.1, -0.05) is 54.6 Å². The number of rotatable bonds is 5. The van der Waals surface area contributed by atoms with E-state index in [4.69, 9.17) is 4.74 Å². The van der Waals surface area contributed by atoms with Crippen molar-refractivity contribution in [1.29, 1.82) is 0 Å². The summed E-state index contributed by atoms with van der Waals surface area (Å²) < 4.78 is 5.63. The molecule has 0 amide bonds. The highest BCUT2D eigenvalue weighted by molar-refractivity contribution is 5.69. The molecule has 0 radical (unpaired) electrons. The van der Waals surface area contributed by atoms with Gasteiger partial charge in [0.1, 0.15) is 6.10 Å². The van der Waals surface area contributed by atoms with Crippen LogP contribution < -0.4 is 0 Å². The van der Waals surface area contributed by atoms with Gasteiger partial charge in [0.25, 0.3) is 0 Å². The SMILES string of the molecule is O=C1CCCC=CCC2C(CC(O)C2C=CC(O)CCc2ccccc2)O1. The van der Waals surface area contributed by atoms with E-state index in [1.165, 1.54) is 5.56 Å². The Morgan fingerprint density at radius 2 is 2.04 bits per heavy atom. The molecule has 1 heterocycles. The Kier molecular flexibility index (Phi) is 7.25. The number of aliphatic hydroxyl groups excluding tert-OH is 2. The van der Waals surface area contributed by atoms with Crippen LogP contribution in [0.3, 0.4) is 0 Å². The molecule has 0 bridgehead atoms. The van der Waals surface area contributed by atoms with Gasteiger partial charge in [-0.2, -0.15) is 0 Å². The van der Waals surface area contributed by atoms with E-state index < -0.39 is 12.2 Å². The predicted octanol–water partition coefficient (Wildman–Crippen LogP) is 3.58. The van der Waals surface area contributed by atoms with Crippen LogP contribution in [0.4, 0.5) is 0 Å². The number of carbonyl (C=O) groups excluding carboxylic acids is 1. The molecule has 1 aliphatic heterocycles. The second-order valence-corrected chi connectivity index (χ2v) is 7.65. The number of allylic oxidation sites excluding steroid dienone is 2. The average Bonchev–Trinajstić information content (AvgIpc) is 2.96. The van der Waals surface area contributed by atoms with Crippen molar-refractivity contribution >= 4 is 5.97 Å². The van der Waals surface area contributed by atoms with Gasteiger partial charge in [0, 0.05) is 24.7 Å². The highest BCUT2D eigenvalue weighted by Crippen LogP contribution is 2.38. The number of benzene rings is 1. The van der Waals surface area contributed by atoms with E-state index in [9.17, 15) is 15.0 Å². The number of esters is 1. The molecular weight excluding hydrogens is 340 g/mol. The highest BCUT2D eigenvalue weighted by Gasteiger charge is 2.42. The zero-order valence-corrected chi connectivity index (χ0v) is 15.7. The first-order valence-corrected chi connectivity index (χ1v) is 10.1. The quantitative estimate of drug-likeness (QED) is 0.614. The van der Waals surface area contributed by atoms with Crippen LogP contribution >= 0.6 is 0 Å². The van der Waals surface area contributed by atoms with Crippen LogP contribution in [0.1, 0.15) is 44.1 Å². The van der Waals surface area contributed by atoms with E-state index in [1.807, 2.05) is 24.3 Å². The molecule has 0 saturated heterocycles.